The van der Waals surface area contributed by atoms with Crippen LogP contribution in [-0.2, 0) is 4.74 Å². The number of anilines is 1. The van der Waals surface area contributed by atoms with Crippen molar-refractivity contribution in [3.8, 4) is 0 Å². The molecule has 20 heavy (non-hydrogen) atoms. The zero-order valence-corrected chi connectivity index (χ0v) is 11.7. The lowest BCUT2D eigenvalue weighted by Crippen LogP contribution is -2.27. The summed E-state index contributed by atoms with van der Waals surface area (Å²) in [6.45, 7) is 1.85. The molecule has 1 aliphatic carbocycles. The van der Waals surface area contributed by atoms with E-state index in [9.17, 15) is 13.9 Å². The lowest BCUT2D eigenvalue weighted by atomic mass is 10.2. The van der Waals surface area contributed by atoms with Crippen molar-refractivity contribution < 1.29 is 18.6 Å². The molecule has 0 aromatic heterocycles. The second-order valence-electron chi connectivity index (χ2n) is 5.36. The molecule has 2 rings (SSSR count). The van der Waals surface area contributed by atoms with Gasteiger partial charge in [0.25, 0.3) is 0 Å². The minimum absolute atomic E-state index is 0.0630. The molecule has 1 aliphatic rings. The van der Waals surface area contributed by atoms with Crippen molar-refractivity contribution in [2.75, 3.05) is 18.5 Å². The summed E-state index contributed by atoms with van der Waals surface area (Å²) in [5.74, 6) is -0.988. The predicted molar refractivity (Wildman–Crippen MR) is 73.8 cm³/mol. The van der Waals surface area contributed by atoms with E-state index in [1.54, 1.807) is 0 Å². The normalized spacial score (nSPS) is 17.4. The molecule has 0 spiro atoms. The van der Waals surface area contributed by atoms with Gasteiger partial charge in [0.15, 0.2) is 0 Å². The van der Waals surface area contributed by atoms with Crippen LogP contribution >= 0.6 is 0 Å². The number of aryl methyl sites for hydroxylation is 1. The smallest absolute Gasteiger partial charge is 0.146 e. The lowest BCUT2D eigenvalue weighted by molar-refractivity contribution is -0.00119. The number of hydrogen-bond acceptors (Lipinski definition) is 3. The van der Waals surface area contributed by atoms with Crippen LogP contribution < -0.4 is 5.32 Å². The highest BCUT2D eigenvalue weighted by molar-refractivity contribution is 5.46. The minimum atomic E-state index is -0.737. The Morgan fingerprint density at radius 2 is 2.00 bits per heavy atom. The molecular formula is C15H21F2NO2. The van der Waals surface area contributed by atoms with Crippen LogP contribution in [0.4, 0.5) is 14.5 Å². The molecule has 0 aliphatic heterocycles. The van der Waals surface area contributed by atoms with Gasteiger partial charge in [-0.05, 0) is 31.4 Å². The van der Waals surface area contributed by atoms with Gasteiger partial charge in [0.2, 0.25) is 0 Å². The fourth-order valence-corrected chi connectivity index (χ4v) is 2.37. The summed E-state index contributed by atoms with van der Waals surface area (Å²) in [7, 11) is 0. The SMILES string of the molecule is Cc1cc(F)c(NCC(O)COC2CCCC2)cc1F. The van der Waals surface area contributed by atoms with Gasteiger partial charge in [-0.1, -0.05) is 12.8 Å². The third kappa shape index (κ3) is 4.15. The van der Waals surface area contributed by atoms with Crippen molar-refractivity contribution in [2.45, 2.75) is 44.8 Å². The molecule has 1 unspecified atom stereocenters. The molecule has 0 bridgehead atoms. The number of aliphatic hydroxyl groups is 1. The van der Waals surface area contributed by atoms with Crippen LogP contribution in [0.3, 0.4) is 0 Å². The lowest BCUT2D eigenvalue weighted by Gasteiger charge is -2.17. The Kier molecular flexibility index (Phi) is 5.31. The van der Waals surface area contributed by atoms with Gasteiger partial charge >= 0.3 is 0 Å². The van der Waals surface area contributed by atoms with E-state index in [1.165, 1.54) is 19.8 Å². The first-order valence-corrected chi connectivity index (χ1v) is 7.05. The van der Waals surface area contributed by atoms with Crippen LogP contribution in [0.2, 0.25) is 0 Å². The first-order chi connectivity index (χ1) is 9.56. The molecule has 0 saturated heterocycles. The van der Waals surface area contributed by atoms with Crippen molar-refractivity contribution >= 4 is 5.69 Å². The van der Waals surface area contributed by atoms with Crippen LogP contribution in [0.25, 0.3) is 0 Å². The van der Waals surface area contributed by atoms with Gasteiger partial charge in [0.05, 0.1) is 24.5 Å². The van der Waals surface area contributed by atoms with Gasteiger partial charge in [0, 0.05) is 12.6 Å². The van der Waals surface area contributed by atoms with E-state index in [2.05, 4.69) is 5.32 Å². The zero-order chi connectivity index (χ0) is 14.5. The molecular weight excluding hydrogens is 264 g/mol. The van der Waals surface area contributed by atoms with Crippen molar-refractivity contribution in [2.24, 2.45) is 0 Å². The van der Waals surface area contributed by atoms with Gasteiger partial charge in [-0.25, -0.2) is 8.78 Å². The summed E-state index contributed by atoms with van der Waals surface area (Å²) in [6, 6.07) is 2.24. The van der Waals surface area contributed by atoms with Crippen molar-refractivity contribution in [3.63, 3.8) is 0 Å². The molecule has 112 valence electrons. The Bertz CT molecular complexity index is 448. The molecule has 3 nitrogen and oxygen atoms in total. The largest absolute Gasteiger partial charge is 0.389 e. The van der Waals surface area contributed by atoms with Gasteiger partial charge in [0.1, 0.15) is 11.6 Å². The summed E-state index contributed by atoms with van der Waals surface area (Å²) >= 11 is 0. The van der Waals surface area contributed by atoms with Gasteiger partial charge in [-0.3, -0.25) is 0 Å². The molecule has 1 aromatic carbocycles. The van der Waals surface area contributed by atoms with E-state index in [1.807, 2.05) is 0 Å². The monoisotopic (exact) mass is 285 g/mol. The highest BCUT2D eigenvalue weighted by atomic mass is 19.1. The molecule has 0 heterocycles. The van der Waals surface area contributed by atoms with Crippen LogP contribution in [0.15, 0.2) is 12.1 Å². The number of hydrogen-bond donors (Lipinski definition) is 2. The van der Waals surface area contributed by atoms with Crippen molar-refractivity contribution in [1.82, 2.24) is 0 Å². The minimum Gasteiger partial charge on any atom is -0.389 e. The van der Waals surface area contributed by atoms with Crippen LogP contribution in [0.1, 0.15) is 31.2 Å². The Morgan fingerprint density at radius 1 is 1.30 bits per heavy atom. The fraction of sp³-hybridized carbons (Fsp3) is 0.600. The Labute approximate surface area is 117 Å². The summed E-state index contributed by atoms with van der Waals surface area (Å²) < 4.78 is 32.5. The summed E-state index contributed by atoms with van der Waals surface area (Å²) in [6.07, 6.45) is 3.92. The number of benzene rings is 1. The van der Waals surface area contributed by atoms with Gasteiger partial charge in [-0.15, -0.1) is 0 Å². The Hall–Kier alpha value is -1.20. The molecule has 0 radical (unpaired) electrons. The van der Waals surface area contributed by atoms with E-state index in [0.717, 1.165) is 25.0 Å². The van der Waals surface area contributed by atoms with E-state index in [-0.39, 0.29) is 30.5 Å². The van der Waals surface area contributed by atoms with E-state index < -0.39 is 17.7 Å². The standard InChI is InChI=1S/C15H21F2NO2/c1-10-6-14(17)15(7-13(10)16)18-8-11(19)9-20-12-4-2-3-5-12/h6-7,11-12,18-19H,2-5,8-9H2,1H3. The first kappa shape index (κ1) is 15.2. The molecule has 1 saturated carbocycles. The van der Waals surface area contributed by atoms with E-state index in [4.69, 9.17) is 4.74 Å². The second kappa shape index (κ2) is 6.99. The summed E-state index contributed by atoms with van der Waals surface area (Å²) in [4.78, 5) is 0. The Balaban J connectivity index is 1.77. The highest BCUT2D eigenvalue weighted by Crippen LogP contribution is 2.21. The summed E-state index contributed by atoms with van der Waals surface area (Å²) in [5.41, 5.74) is 0.325. The fourth-order valence-electron chi connectivity index (χ4n) is 2.37. The summed E-state index contributed by atoms with van der Waals surface area (Å²) in [5, 5.41) is 12.5. The Morgan fingerprint density at radius 3 is 2.70 bits per heavy atom. The third-order valence-electron chi connectivity index (χ3n) is 3.60. The molecule has 1 aromatic rings. The molecule has 2 N–H and O–H groups in total. The average molecular weight is 285 g/mol. The topological polar surface area (TPSA) is 41.5 Å². The number of aliphatic hydroxyl groups excluding tert-OH is 1. The molecule has 0 amide bonds. The molecule has 1 atom stereocenters. The van der Waals surface area contributed by atoms with Gasteiger partial charge < -0.3 is 15.2 Å². The number of nitrogens with one attached hydrogen (secondary N) is 1. The molecule has 1 fully saturated rings. The maximum Gasteiger partial charge on any atom is 0.146 e. The van der Waals surface area contributed by atoms with Crippen LogP contribution in [-0.4, -0.2) is 30.5 Å². The second-order valence-corrected chi connectivity index (χ2v) is 5.36. The van der Waals surface area contributed by atoms with Crippen molar-refractivity contribution in [3.05, 3.63) is 29.3 Å². The third-order valence-corrected chi connectivity index (χ3v) is 3.60. The van der Waals surface area contributed by atoms with Crippen LogP contribution in [0, 0.1) is 18.6 Å². The van der Waals surface area contributed by atoms with E-state index in [0.29, 0.717) is 0 Å². The number of ether oxygens (including phenoxy) is 1. The molecule has 5 heteroatoms. The van der Waals surface area contributed by atoms with Gasteiger partial charge in [-0.2, -0.15) is 0 Å². The quantitative estimate of drug-likeness (QED) is 0.844. The average Bonchev–Trinajstić information content (AvgIpc) is 2.92. The first-order valence-electron chi connectivity index (χ1n) is 7.05. The predicted octanol–water partition coefficient (Wildman–Crippen LogP) is 3.01. The number of halogens is 2. The highest BCUT2D eigenvalue weighted by Gasteiger charge is 2.17. The van der Waals surface area contributed by atoms with Crippen molar-refractivity contribution in [1.29, 1.82) is 0 Å². The maximum absolute atomic E-state index is 13.6. The number of rotatable bonds is 6. The maximum atomic E-state index is 13.6. The van der Waals surface area contributed by atoms with E-state index >= 15 is 0 Å². The van der Waals surface area contributed by atoms with Crippen LogP contribution in [0.5, 0.6) is 0 Å². The zero-order valence-electron chi connectivity index (χ0n) is 11.7.